The number of likely N-dealkylation sites (tertiary alicyclic amines) is 1. The first-order valence-corrected chi connectivity index (χ1v) is 16.1. The first kappa shape index (κ1) is 29.3. The molecule has 0 spiro atoms. The van der Waals surface area contributed by atoms with Crippen molar-refractivity contribution in [2.45, 2.75) is 26.2 Å². The third-order valence-corrected chi connectivity index (χ3v) is 8.61. The quantitative estimate of drug-likeness (QED) is 0.188. The molecule has 9 nitrogen and oxygen atoms in total. The van der Waals surface area contributed by atoms with Gasteiger partial charge in [0.15, 0.2) is 5.88 Å². The lowest BCUT2D eigenvalue weighted by Gasteiger charge is -2.30. The van der Waals surface area contributed by atoms with Crippen LogP contribution >= 0.6 is 0 Å². The predicted molar refractivity (Wildman–Crippen MR) is 167 cm³/mol. The van der Waals surface area contributed by atoms with E-state index in [9.17, 15) is 18.3 Å². The van der Waals surface area contributed by atoms with E-state index in [1.807, 2.05) is 30.3 Å². The van der Waals surface area contributed by atoms with Crippen LogP contribution in [0.15, 0.2) is 77.8 Å². The minimum Gasteiger partial charge on any atom is -0.494 e. The molecule has 0 bridgehead atoms. The van der Waals surface area contributed by atoms with Gasteiger partial charge < -0.3 is 19.7 Å². The maximum absolute atomic E-state index is 12.7. The van der Waals surface area contributed by atoms with Crippen LogP contribution in [0.4, 0.5) is 11.4 Å². The van der Waals surface area contributed by atoms with E-state index < -0.39 is 16.0 Å². The van der Waals surface area contributed by atoms with Crippen molar-refractivity contribution in [1.82, 2.24) is 9.88 Å². The van der Waals surface area contributed by atoms with Gasteiger partial charge in [-0.2, -0.15) is 0 Å². The van der Waals surface area contributed by atoms with Crippen LogP contribution in [0.3, 0.4) is 0 Å². The molecule has 1 aromatic heterocycles. The number of carbonyl (C=O) groups is 1. The molecular formula is C32H36N4O5S. The maximum Gasteiger partial charge on any atom is 0.338 e. The monoisotopic (exact) mass is 588 g/mol. The number of carbonyl (C=O) groups excluding carboxylic acids is 1. The molecule has 0 aliphatic carbocycles. The summed E-state index contributed by atoms with van der Waals surface area (Å²) in [6.07, 6.45) is 4.75. The van der Waals surface area contributed by atoms with Crippen LogP contribution < -0.4 is 4.31 Å². The summed E-state index contributed by atoms with van der Waals surface area (Å²) in [4.78, 5) is 22.5. The highest BCUT2D eigenvalue weighted by Gasteiger charge is 2.22. The summed E-state index contributed by atoms with van der Waals surface area (Å²) >= 11 is 0. The fourth-order valence-corrected chi connectivity index (χ4v) is 6.27. The summed E-state index contributed by atoms with van der Waals surface area (Å²) in [7, 11) is -3.48. The Bertz CT molecular complexity index is 1680. The van der Waals surface area contributed by atoms with E-state index in [2.05, 4.69) is 9.88 Å². The van der Waals surface area contributed by atoms with Crippen LogP contribution in [0.5, 0.6) is 5.88 Å². The van der Waals surface area contributed by atoms with Crippen molar-refractivity contribution in [3.8, 4) is 5.88 Å². The molecule has 0 saturated carbocycles. The zero-order valence-corrected chi connectivity index (χ0v) is 24.7. The Balaban J connectivity index is 1.49. The average Bonchev–Trinajstić information content (AvgIpc) is 3.31. The Kier molecular flexibility index (Phi) is 8.94. The fourth-order valence-electron chi connectivity index (χ4n) is 5.35. The number of aromatic amines is 1. The van der Waals surface area contributed by atoms with Gasteiger partial charge in [-0.3, -0.25) is 4.31 Å². The summed E-state index contributed by atoms with van der Waals surface area (Å²) in [6, 6.07) is 21.7. The number of piperidine rings is 1. The van der Waals surface area contributed by atoms with E-state index in [0.29, 0.717) is 52.2 Å². The van der Waals surface area contributed by atoms with Crippen LogP contribution in [-0.2, 0) is 14.8 Å². The van der Waals surface area contributed by atoms with E-state index in [1.165, 1.54) is 17.0 Å². The number of hydrogen-bond donors (Lipinski definition) is 2. The van der Waals surface area contributed by atoms with Crippen molar-refractivity contribution in [2.75, 3.05) is 43.3 Å². The van der Waals surface area contributed by atoms with Gasteiger partial charge in [0.2, 0.25) is 10.0 Å². The number of aliphatic imine (C=N–C) groups is 1. The predicted octanol–water partition coefficient (Wildman–Crippen LogP) is 5.47. The van der Waals surface area contributed by atoms with Crippen LogP contribution in [-0.4, -0.2) is 74.1 Å². The van der Waals surface area contributed by atoms with Gasteiger partial charge >= 0.3 is 5.97 Å². The van der Waals surface area contributed by atoms with Crippen LogP contribution in [0.2, 0.25) is 0 Å². The Morgan fingerprint density at radius 3 is 2.38 bits per heavy atom. The van der Waals surface area contributed by atoms with Gasteiger partial charge in [0.1, 0.15) is 0 Å². The lowest BCUT2D eigenvalue weighted by molar-refractivity contribution is 0.0526. The number of nitrogens with zero attached hydrogens (tertiary/aromatic N) is 3. The molecule has 1 aliphatic rings. The van der Waals surface area contributed by atoms with Crippen molar-refractivity contribution >= 4 is 44.0 Å². The van der Waals surface area contributed by atoms with Crippen LogP contribution in [0, 0.1) is 0 Å². The molecule has 220 valence electrons. The van der Waals surface area contributed by atoms with Crippen LogP contribution in [0.25, 0.3) is 10.9 Å². The first-order chi connectivity index (χ1) is 20.2. The number of nitrogens with one attached hydrogen (secondary N) is 1. The Labute approximate surface area is 246 Å². The average molecular weight is 589 g/mol. The van der Waals surface area contributed by atoms with Crippen molar-refractivity contribution < 1.29 is 23.1 Å². The number of H-pyrrole nitrogens is 1. The number of aromatic nitrogens is 1. The standard InChI is InChI=1S/C32H36N4O5S/c1-3-41-32(38)24-12-17-27-28(22-24)34-31(37)29(27)30(23-10-6-4-7-11-23)33-25-13-15-26(16-14-25)36(42(2,39)40)21-20-35-18-8-5-9-19-35/h4,6-7,10-17,22,34,37H,3,5,8-9,18-21H2,1-2H3. The smallest absolute Gasteiger partial charge is 0.338 e. The molecule has 2 N–H and O–H groups in total. The van der Waals surface area contributed by atoms with Gasteiger partial charge in [-0.15, -0.1) is 0 Å². The molecular weight excluding hydrogens is 552 g/mol. The minimum atomic E-state index is -3.48. The molecule has 2 heterocycles. The highest BCUT2D eigenvalue weighted by Crippen LogP contribution is 2.33. The summed E-state index contributed by atoms with van der Waals surface area (Å²) in [5.41, 5.74) is 3.93. The Morgan fingerprint density at radius 2 is 1.71 bits per heavy atom. The molecule has 1 fully saturated rings. The van der Waals surface area contributed by atoms with Crippen molar-refractivity contribution in [3.63, 3.8) is 0 Å². The minimum absolute atomic E-state index is 0.0776. The van der Waals surface area contributed by atoms with E-state index in [0.717, 1.165) is 31.5 Å². The van der Waals surface area contributed by atoms with Crippen molar-refractivity contribution in [1.29, 1.82) is 0 Å². The SMILES string of the molecule is CCOC(=O)c1ccc2c(C(=Nc3ccc(N(CCN4CCCCC4)S(C)(=O)=O)cc3)c3ccccc3)c(O)[nH]c2c1. The molecule has 1 saturated heterocycles. The number of fused-ring (bicyclic) bond motifs is 1. The highest BCUT2D eigenvalue weighted by molar-refractivity contribution is 7.92. The Hall–Kier alpha value is -4.15. The molecule has 1 aliphatic heterocycles. The summed E-state index contributed by atoms with van der Waals surface area (Å²) < 4.78 is 31.9. The highest BCUT2D eigenvalue weighted by atomic mass is 32.2. The number of rotatable bonds is 10. The van der Waals surface area contributed by atoms with E-state index in [-0.39, 0.29) is 12.5 Å². The lowest BCUT2D eigenvalue weighted by atomic mass is 10.00. The number of esters is 1. The van der Waals surface area contributed by atoms with Gasteiger partial charge in [0.05, 0.1) is 41.1 Å². The lowest BCUT2D eigenvalue weighted by Crippen LogP contribution is -2.40. The van der Waals surface area contributed by atoms with Gasteiger partial charge in [-0.1, -0.05) is 42.8 Å². The van der Waals surface area contributed by atoms with Crippen molar-refractivity contribution in [3.05, 3.63) is 89.5 Å². The second-order valence-corrected chi connectivity index (χ2v) is 12.3. The number of benzene rings is 3. The molecule has 0 atom stereocenters. The van der Waals surface area contributed by atoms with Gasteiger partial charge in [0.25, 0.3) is 0 Å². The van der Waals surface area contributed by atoms with E-state index >= 15 is 0 Å². The first-order valence-electron chi connectivity index (χ1n) is 14.2. The number of ether oxygens (including phenoxy) is 1. The molecule has 42 heavy (non-hydrogen) atoms. The Morgan fingerprint density at radius 1 is 1.00 bits per heavy atom. The van der Waals surface area contributed by atoms with E-state index in [4.69, 9.17) is 9.73 Å². The largest absolute Gasteiger partial charge is 0.494 e. The molecule has 3 aromatic carbocycles. The zero-order valence-electron chi connectivity index (χ0n) is 23.9. The topological polar surface area (TPSA) is 115 Å². The normalized spacial score (nSPS) is 14.7. The van der Waals surface area contributed by atoms with Gasteiger partial charge in [-0.05, 0) is 69.3 Å². The number of hydrogen-bond acceptors (Lipinski definition) is 7. The third kappa shape index (κ3) is 6.66. The summed E-state index contributed by atoms with van der Waals surface area (Å²) in [5.74, 6) is -0.516. The van der Waals surface area contributed by atoms with Gasteiger partial charge in [-0.25, -0.2) is 18.2 Å². The van der Waals surface area contributed by atoms with Crippen molar-refractivity contribution in [2.24, 2.45) is 4.99 Å². The second kappa shape index (κ2) is 12.8. The summed E-state index contributed by atoms with van der Waals surface area (Å²) in [6.45, 7) is 5.08. The van der Waals surface area contributed by atoms with Gasteiger partial charge in [0, 0.05) is 29.6 Å². The molecule has 0 amide bonds. The van der Waals surface area contributed by atoms with Crippen LogP contribution in [0.1, 0.15) is 47.7 Å². The number of anilines is 1. The molecule has 10 heteroatoms. The fraction of sp³-hybridized carbons (Fsp3) is 0.312. The third-order valence-electron chi connectivity index (χ3n) is 7.42. The second-order valence-electron chi connectivity index (χ2n) is 10.4. The molecule has 4 aromatic rings. The maximum atomic E-state index is 12.7. The van der Waals surface area contributed by atoms with E-state index in [1.54, 1.807) is 49.4 Å². The molecule has 5 rings (SSSR count). The summed E-state index contributed by atoms with van der Waals surface area (Å²) in [5, 5.41) is 11.7. The zero-order chi connectivity index (χ0) is 29.7. The number of aromatic hydroxyl groups is 1. The molecule has 0 unspecified atom stereocenters. The number of sulfonamides is 1. The molecule has 0 radical (unpaired) electrons.